The van der Waals surface area contributed by atoms with Crippen LogP contribution in [-0.4, -0.2) is 35.0 Å². The lowest BCUT2D eigenvalue weighted by molar-refractivity contribution is -0.141. The minimum Gasteiger partial charge on any atom is -0.480 e. The molecule has 0 heterocycles. The van der Waals surface area contributed by atoms with E-state index in [0.717, 1.165) is 0 Å². The molecule has 0 amide bonds. The van der Waals surface area contributed by atoms with E-state index in [2.05, 4.69) is 0 Å². The topological polar surface area (TPSA) is 90.4 Å². The van der Waals surface area contributed by atoms with Gasteiger partial charge in [-0.2, -0.15) is 0 Å². The molecule has 5 nitrogen and oxygen atoms in total. The number of nitrogens with zero attached hydrogens (tertiary/aromatic N) is 1. The molecule has 0 aromatic heterocycles. The zero-order chi connectivity index (χ0) is 9.02. The third kappa shape index (κ3) is 2.45. The monoisotopic (exact) mass is 159 g/mol. The molecule has 4 N–H and O–H groups in total. The molecule has 0 spiro atoms. The van der Waals surface area contributed by atoms with Gasteiger partial charge in [0.15, 0.2) is 5.96 Å². The quantitative estimate of drug-likeness (QED) is 0.388. The Balaban J connectivity index is 4.25. The van der Waals surface area contributed by atoms with Crippen LogP contribution in [0.15, 0.2) is 0 Å². The number of carboxylic acid groups (broad SMARTS) is 1. The molecule has 0 aliphatic rings. The second kappa shape index (κ2) is 3.80. The van der Waals surface area contributed by atoms with Crippen molar-refractivity contribution in [3.63, 3.8) is 0 Å². The zero-order valence-electron chi connectivity index (χ0n) is 6.66. The van der Waals surface area contributed by atoms with Crippen molar-refractivity contribution in [2.24, 2.45) is 5.73 Å². The Bertz CT molecular complexity index is 169. The summed E-state index contributed by atoms with van der Waals surface area (Å²) in [5, 5.41) is 15.6. The third-order valence-corrected chi connectivity index (χ3v) is 1.52. The molecular weight excluding hydrogens is 146 g/mol. The second-order valence-electron chi connectivity index (χ2n) is 2.26. The van der Waals surface area contributed by atoms with Gasteiger partial charge in [-0.3, -0.25) is 5.41 Å². The van der Waals surface area contributed by atoms with Gasteiger partial charge in [-0.15, -0.1) is 0 Å². The van der Waals surface area contributed by atoms with Crippen LogP contribution in [0.4, 0.5) is 0 Å². The van der Waals surface area contributed by atoms with Gasteiger partial charge in [0.05, 0.1) is 0 Å². The Hall–Kier alpha value is -1.26. The number of hydrogen-bond donors (Lipinski definition) is 3. The van der Waals surface area contributed by atoms with E-state index in [-0.39, 0.29) is 5.96 Å². The lowest BCUT2D eigenvalue weighted by Crippen LogP contribution is -2.45. The van der Waals surface area contributed by atoms with Crippen molar-refractivity contribution >= 4 is 11.9 Å². The predicted molar refractivity (Wildman–Crippen MR) is 41.4 cm³/mol. The summed E-state index contributed by atoms with van der Waals surface area (Å²) in [6, 6.07) is -0.688. The third-order valence-electron chi connectivity index (χ3n) is 1.52. The number of carbonyl (C=O) groups is 1. The van der Waals surface area contributed by atoms with Crippen molar-refractivity contribution in [2.75, 3.05) is 7.05 Å². The van der Waals surface area contributed by atoms with E-state index < -0.39 is 12.0 Å². The minimum absolute atomic E-state index is 0.223. The maximum absolute atomic E-state index is 10.5. The summed E-state index contributed by atoms with van der Waals surface area (Å²) < 4.78 is 0. The maximum atomic E-state index is 10.5. The summed E-state index contributed by atoms with van der Waals surface area (Å²) in [6.07, 6.45) is 0.436. The number of guanidine groups is 1. The number of nitrogens with one attached hydrogen (secondary N) is 1. The van der Waals surface area contributed by atoms with Gasteiger partial charge in [0.25, 0.3) is 0 Å². The van der Waals surface area contributed by atoms with Crippen molar-refractivity contribution in [3.05, 3.63) is 0 Å². The van der Waals surface area contributed by atoms with Gasteiger partial charge in [-0.25, -0.2) is 4.79 Å². The fraction of sp³-hybridized carbons (Fsp3) is 0.667. The number of hydrogen-bond acceptors (Lipinski definition) is 2. The average Bonchev–Trinajstić information content (AvgIpc) is 1.88. The van der Waals surface area contributed by atoms with E-state index in [4.69, 9.17) is 16.2 Å². The molecule has 1 atom stereocenters. The Morgan fingerprint density at radius 3 is 2.36 bits per heavy atom. The van der Waals surface area contributed by atoms with Gasteiger partial charge in [0.1, 0.15) is 6.04 Å². The summed E-state index contributed by atoms with van der Waals surface area (Å²) in [5.74, 6) is -1.18. The molecule has 5 heteroatoms. The SMILES string of the molecule is CCC(C(=O)O)N(C)C(=N)N. The van der Waals surface area contributed by atoms with Crippen LogP contribution < -0.4 is 5.73 Å². The van der Waals surface area contributed by atoms with E-state index in [1.165, 1.54) is 11.9 Å². The molecule has 0 saturated heterocycles. The first-order valence-electron chi connectivity index (χ1n) is 3.30. The molecule has 0 aliphatic heterocycles. The number of nitrogens with two attached hydrogens (primary N) is 1. The zero-order valence-corrected chi connectivity index (χ0v) is 6.66. The summed E-state index contributed by atoms with van der Waals surface area (Å²) in [4.78, 5) is 11.7. The van der Waals surface area contributed by atoms with Crippen molar-refractivity contribution in [2.45, 2.75) is 19.4 Å². The number of carboxylic acids is 1. The van der Waals surface area contributed by atoms with Gasteiger partial charge in [0.2, 0.25) is 0 Å². The van der Waals surface area contributed by atoms with Crippen LogP contribution in [0.3, 0.4) is 0 Å². The molecule has 0 saturated carbocycles. The molecule has 11 heavy (non-hydrogen) atoms. The molecule has 0 radical (unpaired) electrons. The molecule has 0 aromatic rings. The summed E-state index contributed by atoms with van der Waals surface area (Å²) in [5.41, 5.74) is 5.10. The molecule has 0 fully saturated rings. The Kier molecular flexibility index (Phi) is 3.36. The number of likely N-dealkylation sites (N-methyl/N-ethyl adjacent to an activating group) is 1. The van der Waals surface area contributed by atoms with Crippen LogP contribution in [0.5, 0.6) is 0 Å². The van der Waals surface area contributed by atoms with Crippen molar-refractivity contribution in [3.8, 4) is 0 Å². The fourth-order valence-corrected chi connectivity index (χ4v) is 0.782. The summed E-state index contributed by atoms with van der Waals surface area (Å²) >= 11 is 0. The first-order valence-corrected chi connectivity index (χ1v) is 3.30. The number of aliphatic carboxylic acids is 1. The average molecular weight is 159 g/mol. The fourth-order valence-electron chi connectivity index (χ4n) is 0.782. The van der Waals surface area contributed by atoms with Crippen LogP contribution in [0.25, 0.3) is 0 Å². The van der Waals surface area contributed by atoms with Gasteiger partial charge >= 0.3 is 5.97 Å². The van der Waals surface area contributed by atoms with Crippen LogP contribution in [0, 0.1) is 5.41 Å². The summed E-state index contributed by atoms with van der Waals surface area (Å²) in [7, 11) is 1.49. The predicted octanol–water partition coefficient (Wildman–Crippen LogP) is -0.325. The van der Waals surface area contributed by atoms with Crippen LogP contribution in [-0.2, 0) is 4.79 Å². The lowest BCUT2D eigenvalue weighted by atomic mass is 10.2. The standard InChI is InChI=1S/C6H13N3O2/c1-3-4(5(10)11)9(2)6(7)8/h4H,3H2,1-2H3,(H3,7,8)(H,10,11). The highest BCUT2D eigenvalue weighted by Gasteiger charge is 2.20. The van der Waals surface area contributed by atoms with Gasteiger partial charge < -0.3 is 15.7 Å². The Morgan fingerprint density at radius 2 is 2.27 bits per heavy atom. The largest absolute Gasteiger partial charge is 0.480 e. The second-order valence-corrected chi connectivity index (χ2v) is 2.26. The van der Waals surface area contributed by atoms with Crippen LogP contribution in [0.1, 0.15) is 13.3 Å². The Labute approximate surface area is 65.3 Å². The van der Waals surface area contributed by atoms with E-state index in [1.54, 1.807) is 6.92 Å². The van der Waals surface area contributed by atoms with E-state index >= 15 is 0 Å². The smallest absolute Gasteiger partial charge is 0.326 e. The molecule has 0 rings (SSSR count). The molecule has 64 valence electrons. The van der Waals surface area contributed by atoms with E-state index in [9.17, 15) is 4.79 Å². The van der Waals surface area contributed by atoms with Crippen LogP contribution in [0.2, 0.25) is 0 Å². The normalized spacial score (nSPS) is 12.2. The first kappa shape index (κ1) is 9.74. The van der Waals surface area contributed by atoms with Crippen LogP contribution >= 0.6 is 0 Å². The van der Waals surface area contributed by atoms with Crippen molar-refractivity contribution < 1.29 is 9.90 Å². The van der Waals surface area contributed by atoms with Gasteiger partial charge in [-0.05, 0) is 6.42 Å². The van der Waals surface area contributed by atoms with E-state index in [0.29, 0.717) is 6.42 Å². The van der Waals surface area contributed by atoms with Gasteiger partial charge in [0, 0.05) is 7.05 Å². The number of rotatable bonds is 3. The highest BCUT2D eigenvalue weighted by molar-refractivity contribution is 5.82. The highest BCUT2D eigenvalue weighted by Crippen LogP contribution is 1.99. The maximum Gasteiger partial charge on any atom is 0.326 e. The molecular formula is C6H13N3O2. The van der Waals surface area contributed by atoms with E-state index in [1.807, 2.05) is 0 Å². The first-order chi connectivity index (χ1) is 5.00. The molecule has 1 unspecified atom stereocenters. The summed E-state index contributed by atoms with van der Waals surface area (Å²) in [6.45, 7) is 1.73. The molecule has 0 bridgehead atoms. The molecule has 0 aromatic carbocycles. The molecule has 0 aliphatic carbocycles. The Morgan fingerprint density at radius 1 is 1.82 bits per heavy atom. The lowest BCUT2D eigenvalue weighted by Gasteiger charge is -2.23. The van der Waals surface area contributed by atoms with Crippen molar-refractivity contribution in [1.29, 1.82) is 5.41 Å². The van der Waals surface area contributed by atoms with Gasteiger partial charge in [-0.1, -0.05) is 6.92 Å². The highest BCUT2D eigenvalue weighted by atomic mass is 16.4. The van der Waals surface area contributed by atoms with Crippen molar-refractivity contribution in [1.82, 2.24) is 4.90 Å². The minimum atomic E-state index is -0.954.